The predicted molar refractivity (Wildman–Crippen MR) is 92.1 cm³/mol. The molecule has 0 N–H and O–H groups in total. The van der Waals surface area contributed by atoms with Gasteiger partial charge in [-0.3, -0.25) is 0 Å². The number of benzene rings is 2. The SMILES string of the molecule is CC(C)(C)c1ccc(C#CC/C=C/c2ccccc2)cc1. The fraction of sp³-hybridized carbons (Fsp3) is 0.238. The summed E-state index contributed by atoms with van der Waals surface area (Å²) in [4.78, 5) is 0. The molecule has 21 heavy (non-hydrogen) atoms. The molecule has 0 radical (unpaired) electrons. The fourth-order valence-corrected chi connectivity index (χ4v) is 2.02. The van der Waals surface area contributed by atoms with Gasteiger partial charge in [0.1, 0.15) is 0 Å². The Morgan fingerprint density at radius 2 is 1.57 bits per heavy atom. The second kappa shape index (κ2) is 6.95. The van der Waals surface area contributed by atoms with Crippen LogP contribution in [0.25, 0.3) is 6.08 Å². The van der Waals surface area contributed by atoms with Crippen LogP contribution in [0.15, 0.2) is 60.7 Å². The molecule has 0 heteroatoms. The number of hydrogen-bond donors (Lipinski definition) is 0. The summed E-state index contributed by atoms with van der Waals surface area (Å²) in [5.41, 5.74) is 3.84. The third kappa shape index (κ3) is 4.97. The zero-order valence-corrected chi connectivity index (χ0v) is 13.1. The van der Waals surface area contributed by atoms with E-state index in [2.05, 4.69) is 81.2 Å². The lowest BCUT2D eigenvalue weighted by Gasteiger charge is -2.18. The van der Waals surface area contributed by atoms with Crippen molar-refractivity contribution in [3.8, 4) is 11.8 Å². The summed E-state index contributed by atoms with van der Waals surface area (Å²) in [5.74, 6) is 6.40. The Morgan fingerprint density at radius 3 is 2.19 bits per heavy atom. The highest BCUT2D eigenvalue weighted by Gasteiger charge is 2.12. The van der Waals surface area contributed by atoms with Crippen molar-refractivity contribution < 1.29 is 0 Å². The van der Waals surface area contributed by atoms with Crippen LogP contribution in [0.2, 0.25) is 0 Å². The third-order valence-corrected chi connectivity index (χ3v) is 3.31. The zero-order valence-electron chi connectivity index (χ0n) is 13.1. The average Bonchev–Trinajstić information content (AvgIpc) is 2.47. The van der Waals surface area contributed by atoms with Gasteiger partial charge in [0.25, 0.3) is 0 Å². The number of rotatable bonds is 2. The van der Waals surface area contributed by atoms with Crippen molar-refractivity contribution in [3.63, 3.8) is 0 Å². The minimum atomic E-state index is 0.199. The molecule has 0 aliphatic carbocycles. The summed E-state index contributed by atoms with van der Waals surface area (Å²) in [6.07, 6.45) is 4.99. The fourth-order valence-electron chi connectivity index (χ4n) is 2.02. The number of hydrogen-bond acceptors (Lipinski definition) is 0. The van der Waals surface area contributed by atoms with Crippen LogP contribution in [-0.4, -0.2) is 0 Å². The molecule has 0 saturated heterocycles. The first-order chi connectivity index (χ1) is 10.1. The van der Waals surface area contributed by atoms with Gasteiger partial charge in [-0.1, -0.05) is 87.2 Å². The Balaban J connectivity index is 1.93. The van der Waals surface area contributed by atoms with Crippen LogP contribution in [0.1, 0.15) is 43.9 Å². The van der Waals surface area contributed by atoms with Crippen molar-refractivity contribution in [3.05, 3.63) is 77.4 Å². The summed E-state index contributed by atoms with van der Waals surface area (Å²) < 4.78 is 0. The zero-order chi connectivity index (χ0) is 15.1. The van der Waals surface area contributed by atoms with E-state index in [1.54, 1.807) is 0 Å². The highest BCUT2D eigenvalue weighted by atomic mass is 14.2. The monoisotopic (exact) mass is 274 g/mol. The Kier molecular flexibility index (Phi) is 5.01. The summed E-state index contributed by atoms with van der Waals surface area (Å²) in [5, 5.41) is 0. The Morgan fingerprint density at radius 1 is 0.905 bits per heavy atom. The van der Waals surface area contributed by atoms with Crippen molar-refractivity contribution in [1.82, 2.24) is 0 Å². The van der Waals surface area contributed by atoms with E-state index < -0.39 is 0 Å². The number of allylic oxidation sites excluding steroid dienone is 1. The molecule has 0 nitrogen and oxygen atoms in total. The Labute approximate surface area is 128 Å². The van der Waals surface area contributed by atoms with E-state index in [-0.39, 0.29) is 5.41 Å². The predicted octanol–water partition coefficient (Wildman–Crippen LogP) is 5.44. The van der Waals surface area contributed by atoms with Crippen molar-refractivity contribution >= 4 is 6.08 Å². The van der Waals surface area contributed by atoms with Gasteiger partial charge in [-0.15, -0.1) is 0 Å². The van der Waals surface area contributed by atoms with Gasteiger partial charge in [0, 0.05) is 12.0 Å². The van der Waals surface area contributed by atoms with Gasteiger partial charge in [-0.2, -0.15) is 0 Å². The van der Waals surface area contributed by atoms with E-state index >= 15 is 0 Å². The molecule has 0 aliphatic heterocycles. The van der Waals surface area contributed by atoms with Crippen molar-refractivity contribution in [1.29, 1.82) is 0 Å². The van der Waals surface area contributed by atoms with Gasteiger partial charge >= 0.3 is 0 Å². The lowest BCUT2D eigenvalue weighted by atomic mass is 9.87. The molecular weight excluding hydrogens is 252 g/mol. The van der Waals surface area contributed by atoms with Crippen LogP contribution < -0.4 is 0 Å². The molecule has 2 rings (SSSR count). The molecule has 0 bridgehead atoms. The summed E-state index contributed by atoms with van der Waals surface area (Å²) in [6, 6.07) is 18.9. The van der Waals surface area contributed by atoms with E-state index in [0.29, 0.717) is 0 Å². The van der Waals surface area contributed by atoms with Gasteiger partial charge in [-0.25, -0.2) is 0 Å². The molecule has 106 valence electrons. The lowest BCUT2D eigenvalue weighted by molar-refractivity contribution is 0.590. The van der Waals surface area contributed by atoms with E-state index in [9.17, 15) is 0 Å². The van der Waals surface area contributed by atoms with Gasteiger partial charge < -0.3 is 0 Å². The smallest absolute Gasteiger partial charge is 0.0276 e. The Bertz CT molecular complexity index is 641. The standard InChI is InChI=1S/C21H22/c1-21(2,3)20-16-14-19(15-17-20)13-9-5-8-12-18-10-6-4-7-11-18/h4,6-8,10-12,14-17H,5H2,1-3H3/b12-8+. The topological polar surface area (TPSA) is 0 Å². The summed E-state index contributed by atoms with van der Waals surface area (Å²) in [7, 11) is 0. The largest absolute Gasteiger partial charge is 0.0937 e. The van der Waals surface area contributed by atoms with Gasteiger partial charge in [0.15, 0.2) is 0 Å². The molecule has 0 aliphatic rings. The maximum absolute atomic E-state index is 3.21. The first-order valence-electron chi connectivity index (χ1n) is 7.37. The van der Waals surface area contributed by atoms with Crippen LogP contribution in [0.4, 0.5) is 0 Å². The molecule has 0 heterocycles. The van der Waals surface area contributed by atoms with Crippen LogP contribution in [0, 0.1) is 11.8 Å². The molecule has 2 aromatic rings. The first-order valence-corrected chi connectivity index (χ1v) is 7.37. The minimum absolute atomic E-state index is 0.199. The van der Waals surface area contributed by atoms with Crippen molar-refractivity contribution in [2.45, 2.75) is 32.6 Å². The third-order valence-electron chi connectivity index (χ3n) is 3.31. The van der Waals surface area contributed by atoms with Gasteiger partial charge in [0.05, 0.1) is 0 Å². The second-order valence-corrected chi connectivity index (χ2v) is 6.15. The quantitative estimate of drug-likeness (QED) is 0.640. The maximum Gasteiger partial charge on any atom is 0.0276 e. The van der Waals surface area contributed by atoms with Crippen LogP contribution in [0.3, 0.4) is 0 Å². The second-order valence-electron chi connectivity index (χ2n) is 6.15. The molecule has 0 atom stereocenters. The molecule has 2 aromatic carbocycles. The molecule has 0 unspecified atom stereocenters. The average molecular weight is 274 g/mol. The van der Waals surface area contributed by atoms with E-state index in [4.69, 9.17) is 0 Å². The molecule has 0 amide bonds. The molecule has 0 spiro atoms. The van der Waals surface area contributed by atoms with Crippen molar-refractivity contribution in [2.75, 3.05) is 0 Å². The lowest BCUT2D eigenvalue weighted by Crippen LogP contribution is -2.10. The van der Waals surface area contributed by atoms with Crippen molar-refractivity contribution in [2.24, 2.45) is 0 Å². The normalized spacial score (nSPS) is 11.2. The van der Waals surface area contributed by atoms with E-state index in [1.165, 1.54) is 11.1 Å². The van der Waals surface area contributed by atoms with E-state index in [0.717, 1.165) is 12.0 Å². The molecule has 0 fully saturated rings. The van der Waals surface area contributed by atoms with Gasteiger partial charge in [-0.05, 0) is 28.7 Å². The van der Waals surface area contributed by atoms with E-state index in [1.807, 2.05) is 18.2 Å². The highest BCUT2D eigenvalue weighted by Crippen LogP contribution is 2.21. The van der Waals surface area contributed by atoms with Crippen LogP contribution in [0.5, 0.6) is 0 Å². The first kappa shape index (κ1) is 15.1. The highest BCUT2D eigenvalue weighted by molar-refractivity contribution is 5.49. The molecule has 0 aromatic heterocycles. The van der Waals surface area contributed by atoms with Crippen LogP contribution in [-0.2, 0) is 5.41 Å². The Hall–Kier alpha value is -2.26. The van der Waals surface area contributed by atoms with Crippen LogP contribution >= 0.6 is 0 Å². The molecular formula is C21H22. The minimum Gasteiger partial charge on any atom is -0.0937 e. The summed E-state index contributed by atoms with van der Waals surface area (Å²) >= 11 is 0. The maximum atomic E-state index is 3.21. The summed E-state index contributed by atoms with van der Waals surface area (Å²) in [6.45, 7) is 6.67. The van der Waals surface area contributed by atoms with Gasteiger partial charge in [0.2, 0.25) is 0 Å². The molecule has 0 saturated carbocycles.